The number of thiazole rings is 1. The Bertz CT molecular complexity index is 983. The predicted molar refractivity (Wildman–Crippen MR) is 118 cm³/mol. The predicted octanol–water partition coefficient (Wildman–Crippen LogP) is 2.88. The van der Waals surface area contributed by atoms with Crippen molar-refractivity contribution in [2.45, 2.75) is 6.54 Å². The summed E-state index contributed by atoms with van der Waals surface area (Å²) in [6.07, 6.45) is 0. The van der Waals surface area contributed by atoms with Crippen molar-refractivity contribution in [3.8, 4) is 10.6 Å². The van der Waals surface area contributed by atoms with Gasteiger partial charge >= 0.3 is 0 Å². The number of aromatic nitrogens is 1. The normalized spacial score (nSPS) is 14.5. The Morgan fingerprint density at radius 3 is 2.30 bits per heavy atom. The zero-order chi connectivity index (χ0) is 20.8. The minimum absolute atomic E-state index is 0.00522. The van der Waals surface area contributed by atoms with Gasteiger partial charge in [0.05, 0.1) is 6.54 Å². The van der Waals surface area contributed by atoms with Crippen molar-refractivity contribution in [3.05, 3.63) is 77.3 Å². The van der Waals surface area contributed by atoms with Crippen LogP contribution in [0.25, 0.3) is 10.6 Å². The molecule has 1 saturated heterocycles. The molecule has 0 atom stereocenters. The van der Waals surface area contributed by atoms with Crippen LogP contribution in [0.15, 0.2) is 66.0 Å². The summed E-state index contributed by atoms with van der Waals surface area (Å²) in [7, 11) is 0. The molecule has 0 bridgehead atoms. The highest BCUT2D eigenvalue weighted by Gasteiger charge is 2.25. The number of carbonyl (C=O) groups excluding carboxylic acids is 2. The minimum Gasteiger partial charge on any atom is -0.351 e. The molecular weight excluding hydrogens is 396 g/mol. The quantitative estimate of drug-likeness (QED) is 0.666. The third kappa shape index (κ3) is 5.11. The van der Waals surface area contributed by atoms with Gasteiger partial charge in [-0.05, 0) is 5.56 Å². The van der Waals surface area contributed by atoms with Gasteiger partial charge in [-0.25, -0.2) is 4.98 Å². The van der Waals surface area contributed by atoms with Gasteiger partial charge in [-0.15, -0.1) is 11.3 Å². The van der Waals surface area contributed by atoms with Crippen molar-refractivity contribution in [1.29, 1.82) is 0 Å². The number of benzene rings is 2. The van der Waals surface area contributed by atoms with E-state index in [1.807, 2.05) is 70.9 Å². The molecule has 2 amide bonds. The van der Waals surface area contributed by atoms with E-state index in [0.717, 1.165) is 16.1 Å². The molecule has 0 saturated carbocycles. The lowest BCUT2D eigenvalue weighted by molar-refractivity contribution is -0.122. The first kappa shape index (κ1) is 20.3. The third-order valence-electron chi connectivity index (χ3n) is 5.10. The molecule has 0 aliphatic carbocycles. The lowest BCUT2D eigenvalue weighted by atomic mass is 10.2. The van der Waals surface area contributed by atoms with E-state index >= 15 is 0 Å². The second-order valence-electron chi connectivity index (χ2n) is 7.23. The molecule has 1 N–H and O–H groups in total. The molecule has 1 fully saturated rings. The molecule has 6 nitrogen and oxygen atoms in total. The van der Waals surface area contributed by atoms with E-state index in [4.69, 9.17) is 0 Å². The lowest BCUT2D eigenvalue weighted by Gasteiger charge is -2.33. The molecule has 1 aliphatic heterocycles. The highest BCUT2D eigenvalue weighted by Crippen LogP contribution is 2.24. The van der Waals surface area contributed by atoms with Gasteiger partial charge in [-0.1, -0.05) is 60.7 Å². The summed E-state index contributed by atoms with van der Waals surface area (Å²) in [4.78, 5) is 33.5. The maximum absolute atomic E-state index is 12.8. The average Bonchev–Trinajstić information content (AvgIpc) is 3.29. The van der Waals surface area contributed by atoms with E-state index in [1.54, 1.807) is 0 Å². The van der Waals surface area contributed by atoms with Crippen LogP contribution in [0.1, 0.15) is 16.1 Å². The summed E-state index contributed by atoms with van der Waals surface area (Å²) in [6.45, 7) is 3.45. The SMILES string of the molecule is O=C(CN1CCN(C(=O)c2csc(-c3ccccc3)n2)CC1)NCc1ccccc1. The number of carbonyl (C=O) groups is 2. The second kappa shape index (κ2) is 9.65. The molecule has 0 spiro atoms. The molecule has 3 aromatic rings. The number of hydrogen-bond acceptors (Lipinski definition) is 5. The molecular formula is C23H24N4O2S. The van der Waals surface area contributed by atoms with Crippen LogP contribution in [0.3, 0.4) is 0 Å². The van der Waals surface area contributed by atoms with Crippen LogP contribution in [0.5, 0.6) is 0 Å². The van der Waals surface area contributed by atoms with Crippen molar-refractivity contribution < 1.29 is 9.59 Å². The van der Waals surface area contributed by atoms with E-state index in [1.165, 1.54) is 11.3 Å². The van der Waals surface area contributed by atoms with Crippen LogP contribution in [-0.4, -0.2) is 59.3 Å². The zero-order valence-electron chi connectivity index (χ0n) is 16.7. The van der Waals surface area contributed by atoms with Crippen molar-refractivity contribution in [1.82, 2.24) is 20.1 Å². The summed E-state index contributed by atoms with van der Waals surface area (Å²) < 4.78 is 0. The lowest BCUT2D eigenvalue weighted by Crippen LogP contribution is -2.51. The van der Waals surface area contributed by atoms with Gasteiger partial charge in [0.25, 0.3) is 5.91 Å². The van der Waals surface area contributed by atoms with E-state index in [9.17, 15) is 9.59 Å². The molecule has 4 rings (SSSR count). The second-order valence-corrected chi connectivity index (χ2v) is 8.09. The molecule has 2 aromatic carbocycles. The fourth-order valence-corrected chi connectivity index (χ4v) is 4.21. The van der Waals surface area contributed by atoms with Gasteiger partial charge in [0.2, 0.25) is 5.91 Å². The minimum atomic E-state index is -0.0402. The number of rotatable bonds is 6. The number of amides is 2. The fourth-order valence-electron chi connectivity index (χ4n) is 3.41. The van der Waals surface area contributed by atoms with Gasteiger partial charge in [0, 0.05) is 43.7 Å². The van der Waals surface area contributed by atoms with Gasteiger partial charge in [0.1, 0.15) is 10.7 Å². The molecule has 1 aromatic heterocycles. The molecule has 2 heterocycles. The Morgan fingerprint density at radius 2 is 1.60 bits per heavy atom. The maximum Gasteiger partial charge on any atom is 0.273 e. The van der Waals surface area contributed by atoms with E-state index in [0.29, 0.717) is 45.0 Å². The van der Waals surface area contributed by atoms with Crippen molar-refractivity contribution in [2.75, 3.05) is 32.7 Å². The van der Waals surface area contributed by atoms with Crippen LogP contribution in [-0.2, 0) is 11.3 Å². The van der Waals surface area contributed by atoms with Crippen LogP contribution < -0.4 is 5.32 Å². The summed E-state index contributed by atoms with van der Waals surface area (Å²) in [5, 5.41) is 5.64. The van der Waals surface area contributed by atoms with Crippen LogP contribution in [0.2, 0.25) is 0 Å². The average molecular weight is 421 g/mol. The largest absolute Gasteiger partial charge is 0.351 e. The maximum atomic E-state index is 12.8. The molecule has 30 heavy (non-hydrogen) atoms. The molecule has 7 heteroatoms. The Hall–Kier alpha value is -3.03. The Balaban J connectivity index is 1.25. The number of piperazine rings is 1. The van der Waals surface area contributed by atoms with E-state index in [2.05, 4.69) is 15.2 Å². The molecule has 0 radical (unpaired) electrons. The van der Waals surface area contributed by atoms with Gasteiger partial charge in [-0.3, -0.25) is 14.5 Å². The zero-order valence-corrected chi connectivity index (χ0v) is 17.5. The van der Waals surface area contributed by atoms with Crippen molar-refractivity contribution >= 4 is 23.2 Å². The first-order chi connectivity index (χ1) is 14.7. The summed E-state index contributed by atoms with van der Waals surface area (Å²) in [6, 6.07) is 19.7. The smallest absolute Gasteiger partial charge is 0.273 e. The van der Waals surface area contributed by atoms with Crippen molar-refractivity contribution in [2.24, 2.45) is 0 Å². The Labute approximate surface area is 180 Å². The van der Waals surface area contributed by atoms with Crippen molar-refractivity contribution in [3.63, 3.8) is 0 Å². The topological polar surface area (TPSA) is 65.5 Å². The first-order valence-corrected chi connectivity index (χ1v) is 10.9. The van der Waals surface area contributed by atoms with Gasteiger partial charge in [-0.2, -0.15) is 0 Å². The summed E-state index contributed by atoms with van der Waals surface area (Å²) >= 11 is 1.49. The standard InChI is InChI=1S/C23H24N4O2S/c28-21(24-15-18-7-3-1-4-8-18)16-26-11-13-27(14-12-26)23(29)20-17-30-22(25-20)19-9-5-2-6-10-19/h1-10,17H,11-16H2,(H,24,28). The number of nitrogens with zero attached hydrogens (tertiary/aromatic N) is 3. The fraction of sp³-hybridized carbons (Fsp3) is 0.261. The monoisotopic (exact) mass is 420 g/mol. The number of nitrogens with one attached hydrogen (secondary N) is 1. The number of hydrogen-bond donors (Lipinski definition) is 1. The summed E-state index contributed by atoms with van der Waals surface area (Å²) in [5.74, 6) is -0.0350. The third-order valence-corrected chi connectivity index (χ3v) is 5.99. The van der Waals surface area contributed by atoms with Gasteiger partial charge < -0.3 is 10.2 Å². The highest BCUT2D eigenvalue weighted by atomic mass is 32.1. The molecule has 154 valence electrons. The van der Waals surface area contributed by atoms with E-state index in [-0.39, 0.29) is 11.8 Å². The Kier molecular flexibility index (Phi) is 6.51. The Morgan fingerprint density at radius 1 is 0.933 bits per heavy atom. The summed E-state index contributed by atoms with van der Waals surface area (Å²) in [5.41, 5.74) is 2.60. The van der Waals surface area contributed by atoms with Crippen LogP contribution >= 0.6 is 11.3 Å². The molecule has 1 aliphatic rings. The first-order valence-electron chi connectivity index (χ1n) is 10.0. The van der Waals surface area contributed by atoms with Gasteiger partial charge in [0.15, 0.2) is 0 Å². The highest BCUT2D eigenvalue weighted by molar-refractivity contribution is 7.13. The van der Waals surface area contributed by atoms with Crippen LogP contribution in [0.4, 0.5) is 0 Å². The van der Waals surface area contributed by atoms with Crippen LogP contribution in [0, 0.1) is 0 Å². The van der Waals surface area contributed by atoms with E-state index < -0.39 is 0 Å². The molecule has 0 unspecified atom stereocenters.